The van der Waals surface area contributed by atoms with Crippen molar-refractivity contribution < 1.29 is 28.7 Å². The first-order valence-corrected chi connectivity index (χ1v) is 14.2. The number of piperazine rings is 1. The predicted octanol–water partition coefficient (Wildman–Crippen LogP) is 3.23. The second-order valence-electron chi connectivity index (χ2n) is 10.5. The third-order valence-corrected chi connectivity index (χ3v) is 7.45. The highest BCUT2D eigenvalue weighted by molar-refractivity contribution is 5.93. The average molecular weight is 568 g/mol. The van der Waals surface area contributed by atoms with Crippen molar-refractivity contribution in [3.63, 3.8) is 0 Å². The zero-order valence-electron chi connectivity index (χ0n) is 23.4. The van der Waals surface area contributed by atoms with Crippen LogP contribution >= 0.6 is 0 Å². The summed E-state index contributed by atoms with van der Waals surface area (Å²) in [5.74, 6) is -2.52. The maximum absolute atomic E-state index is 14.0. The van der Waals surface area contributed by atoms with E-state index >= 15 is 0 Å². The van der Waals surface area contributed by atoms with Gasteiger partial charge in [-0.05, 0) is 48.9 Å². The Bertz CT molecular complexity index is 1230. The Morgan fingerprint density at radius 3 is 2.49 bits per heavy atom. The van der Waals surface area contributed by atoms with Gasteiger partial charge in [0, 0.05) is 19.6 Å². The number of fused-ring (bicyclic) bond motifs is 1. The molecule has 2 N–H and O–H groups in total. The van der Waals surface area contributed by atoms with Crippen molar-refractivity contribution in [1.29, 1.82) is 0 Å². The van der Waals surface area contributed by atoms with Crippen LogP contribution in [0, 0.1) is 5.82 Å². The monoisotopic (exact) mass is 567 g/mol. The van der Waals surface area contributed by atoms with Crippen LogP contribution in [0.2, 0.25) is 0 Å². The fourth-order valence-corrected chi connectivity index (χ4v) is 5.47. The number of amides is 4. The molecule has 0 aliphatic carbocycles. The Hall–Kier alpha value is -3.99. The van der Waals surface area contributed by atoms with E-state index in [4.69, 9.17) is 0 Å². The summed E-state index contributed by atoms with van der Waals surface area (Å²) in [6.45, 7) is 2.67. The van der Waals surface area contributed by atoms with Crippen LogP contribution in [0.1, 0.15) is 50.2 Å². The predicted molar refractivity (Wildman–Crippen MR) is 150 cm³/mol. The molecule has 2 saturated heterocycles. The number of benzene rings is 2. The van der Waals surface area contributed by atoms with Gasteiger partial charge in [-0.2, -0.15) is 0 Å². The summed E-state index contributed by atoms with van der Waals surface area (Å²) < 4.78 is 14.0. The lowest BCUT2D eigenvalue weighted by Gasteiger charge is -2.55. The molecule has 4 rings (SSSR count). The van der Waals surface area contributed by atoms with Crippen molar-refractivity contribution in [1.82, 2.24) is 25.1 Å². The number of carbonyl (C=O) groups is 4. The van der Waals surface area contributed by atoms with Gasteiger partial charge in [0.25, 0.3) is 0 Å². The van der Waals surface area contributed by atoms with Gasteiger partial charge >= 0.3 is 12.0 Å². The fourth-order valence-electron chi connectivity index (χ4n) is 5.47. The number of urea groups is 1. The summed E-state index contributed by atoms with van der Waals surface area (Å²) >= 11 is 0. The molecule has 0 bridgehead atoms. The van der Waals surface area contributed by atoms with Crippen molar-refractivity contribution in [2.45, 2.75) is 64.2 Å². The van der Waals surface area contributed by atoms with Crippen LogP contribution in [0.25, 0.3) is 0 Å². The molecule has 2 aromatic carbocycles. The van der Waals surface area contributed by atoms with E-state index in [2.05, 4.69) is 5.32 Å². The molecule has 0 aromatic heterocycles. The minimum Gasteiger partial charge on any atom is -0.481 e. The highest BCUT2D eigenvalue weighted by Crippen LogP contribution is 2.29. The molecule has 1 unspecified atom stereocenters. The molecule has 2 atom stereocenters. The largest absolute Gasteiger partial charge is 0.481 e. The van der Waals surface area contributed by atoms with Gasteiger partial charge in [0.15, 0.2) is 0 Å². The van der Waals surface area contributed by atoms with Gasteiger partial charge in [0.1, 0.15) is 18.0 Å². The highest BCUT2D eigenvalue weighted by Gasteiger charge is 2.51. The van der Waals surface area contributed by atoms with E-state index in [1.807, 2.05) is 37.3 Å². The summed E-state index contributed by atoms with van der Waals surface area (Å²) in [6.07, 6.45) is 2.49. The third kappa shape index (κ3) is 7.60. The molecule has 2 fully saturated rings. The first kappa shape index (κ1) is 30.0. The Morgan fingerprint density at radius 1 is 1.02 bits per heavy atom. The zero-order valence-corrected chi connectivity index (χ0v) is 23.4. The molecule has 2 aliphatic heterocycles. The normalized spacial score (nSPS) is 19.3. The van der Waals surface area contributed by atoms with E-state index in [1.165, 1.54) is 27.6 Å². The maximum atomic E-state index is 14.0. The number of carbonyl (C=O) groups excluding carboxylic acids is 3. The molecule has 0 spiro atoms. The number of carboxylic acid groups (broad SMARTS) is 1. The van der Waals surface area contributed by atoms with Crippen LogP contribution in [-0.2, 0) is 27.3 Å². The second kappa shape index (κ2) is 14.1. The van der Waals surface area contributed by atoms with E-state index in [0.717, 1.165) is 25.7 Å². The number of aryl methyl sites for hydroxylation is 1. The molecule has 0 saturated carbocycles. The number of halogens is 1. The van der Waals surface area contributed by atoms with E-state index in [9.17, 15) is 28.7 Å². The van der Waals surface area contributed by atoms with Crippen molar-refractivity contribution in [3.8, 4) is 0 Å². The van der Waals surface area contributed by atoms with Gasteiger partial charge in [-0.15, -0.1) is 0 Å². The van der Waals surface area contributed by atoms with E-state index in [0.29, 0.717) is 25.1 Å². The number of nitrogens with one attached hydrogen (secondary N) is 1. The lowest BCUT2D eigenvalue weighted by atomic mass is 10.0. The number of hydrogen-bond acceptors (Lipinski definition) is 5. The summed E-state index contributed by atoms with van der Waals surface area (Å²) in [5.41, 5.74) is 1.76. The van der Waals surface area contributed by atoms with Crippen LogP contribution < -0.4 is 5.32 Å². The number of hydrazine groups is 1. The minimum absolute atomic E-state index is 0.0485. The van der Waals surface area contributed by atoms with E-state index in [-0.39, 0.29) is 19.6 Å². The maximum Gasteiger partial charge on any atom is 0.333 e. The quantitative estimate of drug-likeness (QED) is 0.381. The average Bonchev–Trinajstić information content (AvgIpc) is 2.93. The van der Waals surface area contributed by atoms with Crippen molar-refractivity contribution >= 4 is 23.8 Å². The number of unbranched alkanes of at least 4 members (excludes halogenated alkanes) is 2. The first-order valence-electron chi connectivity index (χ1n) is 14.2. The van der Waals surface area contributed by atoms with Crippen LogP contribution in [-0.4, -0.2) is 87.1 Å². The molecular formula is C30H38FN5O5. The van der Waals surface area contributed by atoms with Gasteiger partial charge in [0.05, 0.1) is 19.5 Å². The number of hydrogen-bond donors (Lipinski definition) is 2. The standard InChI is InChI=1S/C30H38FN5O5/c1-2-3-15-32-30(41)36-26-20-33(16-8-7-12-22-10-5-4-6-11-22)29(40)25(18-28(38)39)35(26)27(37)21-34(36)19-23-13-9-14-24(31)17-23/h4-6,9-11,13-14,17,25-26H,2-3,7-8,12,15-16,18-21H2,1H3,(H,32,41)(H,38,39)/t25-,26?/m0/s1. The zero-order chi connectivity index (χ0) is 29.4. The number of carboxylic acids is 1. The Labute approximate surface area is 239 Å². The van der Waals surface area contributed by atoms with E-state index < -0.39 is 48.3 Å². The molecule has 220 valence electrons. The van der Waals surface area contributed by atoms with Gasteiger partial charge in [0.2, 0.25) is 11.8 Å². The first-order chi connectivity index (χ1) is 19.8. The molecule has 2 heterocycles. The Balaban J connectivity index is 1.59. The molecule has 2 aliphatic rings. The van der Waals surface area contributed by atoms with Gasteiger partial charge in [-0.3, -0.25) is 14.4 Å². The van der Waals surface area contributed by atoms with Crippen LogP contribution in [0.15, 0.2) is 54.6 Å². The smallest absolute Gasteiger partial charge is 0.333 e. The highest BCUT2D eigenvalue weighted by atomic mass is 19.1. The van der Waals surface area contributed by atoms with Crippen molar-refractivity contribution in [3.05, 3.63) is 71.5 Å². The third-order valence-electron chi connectivity index (χ3n) is 7.45. The van der Waals surface area contributed by atoms with E-state index in [1.54, 1.807) is 22.0 Å². The summed E-state index contributed by atoms with van der Waals surface area (Å²) in [7, 11) is 0. The molecule has 2 aromatic rings. The summed E-state index contributed by atoms with van der Waals surface area (Å²) in [5, 5.41) is 15.5. The SMILES string of the molecule is CCCCNC(=O)N1C2CN(CCCCc3ccccc3)C(=O)[C@H](CC(=O)O)N2C(=O)CN1Cc1cccc(F)c1. The lowest BCUT2D eigenvalue weighted by Crippen LogP contribution is -2.76. The molecule has 10 nitrogen and oxygen atoms in total. The van der Waals surface area contributed by atoms with Gasteiger partial charge < -0.3 is 20.2 Å². The van der Waals surface area contributed by atoms with Gasteiger partial charge in [-0.25, -0.2) is 19.2 Å². The number of aliphatic carboxylic acids is 1. The molecular weight excluding hydrogens is 529 g/mol. The van der Waals surface area contributed by atoms with Gasteiger partial charge in [-0.1, -0.05) is 55.8 Å². The number of nitrogens with zero attached hydrogens (tertiary/aromatic N) is 4. The minimum atomic E-state index is -1.23. The fraction of sp³-hybridized carbons (Fsp3) is 0.467. The van der Waals surface area contributed by atoms with Crippen LogP contribution in [0.5, 0.6) is 0 Å². The second-order valence-corrected chi connectivity index (χ2v) is 10.5. The molecule has 4 amide bonds. The topological polar surface area (TPSA) is 113 Å². The Kier molecular flexibility index (Phi) is 10.3. The number of rotatable bonds is 12. The summed E-state index contributed by atoms with van der Waals surface area (Å²) in [4.78, 5) is 55.2. The summed E-state index contributed by atoms with van der Waals surface area (Å²) in [6, 6.07) is 14.3. The Morgan fingerprint density at radius 2 is 1.78 bits per heavy atom. The van der Waals surface area contributed by atoms with Crippen LogP contribution in [0.3, 0.4) is 0 Å². The molecule has 11 heteroatoms. The van der Waals surface area contributed by atoms with Crippen molar-refractivity contribution in [2.75, 3.05) is 26.2 Å². The molecule has 0 radical (unpaired) electrons. The lowest BCUT2D eigenvalue weighted by molar-refractivity contribution is -0.193. The van der Waals surface area contributed by atoms with Crippen molar-refractivity contribution in [2.24, 2.45) is 0 Å². The molecule has 41 heavy (non-hydrogen) atoms. The van der Waals surface area contributed by atoms with Crippen LogP contribution in [0.4, 0.5) is 9.18 Å².